The molecule has 3 rings (SSSR count). The van der Waals surface area contributed by atoms with Gasteiger partial charge in [0.1, 0.15) is 5.82 Å². The van der Waals surface area contributed by atoms with E-state index in [4.69, 9.17) is 5.73 Å². The van der Waals surface area contributed by atoms with E-state index >= 15 is 0 Å². The third-order valence-corrected chi connectivity index (χ3v) is 4.72. The number of pyridine rings is 1. The lowest BCUT2D eigenvalue weighted by atomic mass is 9.82. The average Bonchev–Trinajstić information content (AvgIpc) is 2.40. The second-order valence-corrected chi connectivity index (χ2v) is 6.02. The van der Waals surface area contributed by atoms with Crippen LogP contribution in [0.1, 0.15) is 42.5 Å². The van der Waals surface area contributed by atoms with Crippen molar-refractivity contribution in [3.8, 4) is 0 Å². The zero-order chi connectivity index (χ0) is 14.1. The van der Waals surface area contributed by atoms with Gasteiger partial charge in [-0.15, -0.1) is 0 Å². The topological polar surface area (TPSA) is 71.2 Å². The molecule has 0 aliphatic carbocycles. The Bertz CT molecular complexity index is 490. The average molecular weight is 274 g/mol. The molecular weight excluding hydrogens is 252 g/mol. The number of amides is 1. The van der Waals surface area contributed by atoms with Gasteiger partial charge < -0.3 is 16.0 Å². The molecule has 2 saturated heterocycles. The second-order valence-electron chi connectivity index (χ2n) is 6.02. The highest BCUT2D eigenvalue weighted by atomic mass is 16.1. The molecule has 5 nitrogen and oxygen atoms in total. The summed E-state index contributed by atoms with van der Waals surface area (Å²) in [5, 5.41) is 3.16. The van der Waals surface area contributed by atoms with E-state index in [-0.39, 0.29) is 11.9 Å². The number of nitrogens with one attached hydrogen (secondary N) is 1. The lowest BCUT2D eigenvalue weighted by molar-refractivity contribution is 0.0463. The quantitative estimate of drug-likeness (QED) is 0.855. The molecule has 3 N–H and O–H groups in total. The Morgan fingerprint density at radius 1 is 1.40 bits per heavy atom. The summed E-state index contributed by atoms with van der Waals surface area (Å²) in [6.45, 7) is 0. The van der Waals surface area contributed by atoms with Gasteiger partial charge in [0, 0.05) is 29.9 Å². The van der Waals surface area contributed by atoms with Gasteiger partial charge in [-0.1, -0.05) is 6.42 Å². The van der Waals surface area contributed by atoms with Crippen molar-refractivity contribution in [2.24, 2.45) is 0 Å². The van der Waals surface area contributed by atoms with E-state index in [0.717, 1.165) is 12.8 Å². The fraction of sp³-hybridized carbons (Fsp3) is 0.600. The molecule has 20 heavy (non-hydrogen) atoms. The number of nitrogens with zero attached hydrogens (tertiary/aromatic N) is 2. The second kappa shape index (κ2) is 5.40. The number of carbonyl (C=O) groups is 1. The van der Waals surface area contributed by atoms with E-state index < -0.39 is 0 Å². The van der Waals surface area contributed by atoms with Gasteiger partial charge in [-0.2, -0.15) is 0 Å². The molecular formula is C15H22N4O. The van der Waals surface area contributed by atoms with E-state index in [9.17, 15) is 4.79 Å². The number of nitrogens with two attached hydrogens (primary N) is 1. The van der Waals surface area contributed by atoms with Crippen molar-refractivity contribution in [2.45, 2.75) is 50.2 Å². The van der Waals surface area contributed by atoms with Crippen LogP contribution in [0.4, 0.5) is 5.82 Å². The lowest BCUT2D eigenvalue weighted by Gasteiger charge is -2.47. The molecule has 0 saturated carbocycles. The van der Waals surface area contributed by atoms with Crippen molar-refractivity contribution in [2.75, 3.05) is 12.8 Å². The summed E-state index contributed by atoms with van der Waals surface area (Å²) in [5.74, 6) is 0.352. The molecule has 2 fully saturated rings. The van der Waals surface area contributed by atoms with Crippen LogP contribution in [0.25, 0.3) is 0 Å². The van der Waals surface area contributed by atoms with E-state index in [1.54, 1.807) is 18.3 Å². The molecule has 2 aliphatic rings. The summed E-state index contributed by atoms with van der Waals surface area (Å²) in [4.78, 5) is 18.7. The summed E-state index contributed by atoms with van der Waals surface area (Å²) < 4.78 is 0. The Balaban J connectivity index is 1.65. The molecule has 1 aromatic rings. The predicted octanol–water partition coefficient (Wildman–Crippen LogP) is 1.41. The van der Waals surface area contributed by atoms with E-state index in [2.05, 4.69) is 22.2 Å². The van der Waals surface area contributed by atoms with Gasteiger partial charge in [0.15, 0.2) is 0 Å². The summed E-state index contributed by atoms with van der Waals surface area (Å²) >= 11 is 0. The highest BCUT2D eigenvalue weighted by molar-refractivity contribution is 5.94. The molecule has 2 unspecified atom stereocenters. The number of nitrogen functional groups attached to an aromatic ring is 1. The molecule has 0 spiro atoms. The summed E-state index contributed by atoms with van der Waals surface area (Å²) in [6, 6.07) is 4.86. The zero-order valence-corrected chi connectivity index (χ0v) is 11.9. The van der Waals surface area contributed by atoms with Gasteiger partial charge in [0.25, 0.3) is 5.91 Å². The van der Waals surface area contributed by atoms with Crippen LogP contribution in [0, 0.1) is 0 Å². The fourth-order valence-corrected chi connectivity index (χ4v) is 3.59. The molecule has 2 aliphatic heterocycles. The largest absolute Gasteiger partial charge is 0.384 e. The number of piperidine rings is 2. The van der Waals surface area contributed by atoms with Gasteiger partial charge in [0.2, 0.25) is 0 Å². The van der Waals surface area contributed by atoms with Crippen molar-refractivity contribution in [1.82, 2.24) is 15.2 Å². The highest BCUT2D eigenvalue weighted by Gasteiger charge is 2.36. The first-order chi connectivity index (χ1) is 9.63. The molecule has 2 bridgehead atoms. The molecule has 2 atom stereocenters. The Morgan fingerprint density at radius 3 is 2.75 bits per heavy atom. The van der Waals surface area contributed by atoms with Crippen molar-refractivity contribution in [3.05, 3.63) is 23.9 Å². The van der Waals surface area contributed by atoms with E-state index in [0.29, 0.717) is 23.5 Å². The van der Waals surface area contributed by atoms with Crippen molar-refractivity contribution in [3.63, 3.8) is 0 Å². The number of rotatable bonds is 2. The van der Waals surface area contributed by atoms with Gasteiger partial charge in [-0.05, 0) is 44.9 Å². The Labute approximate surface area is 119 Å². The Hall–Kier alpha value is -1.62. The number of hydrogen-bond acceptors (Lipinski definition) is 4. The smallest absolute Gasteiger partial charge is 0.251 e. The van der Waals surface area contributed by atoms with Gasteiger partial charge in [-0.25, -0.2) is 4.98 Å². The van der Waals surface area contributed by atoms with Crippen LogP contribution in [-0.4, -0.2) is 41.0 Å². The molecule has 108 valence electrons. The molecule has 0 aromatic carbocycles. The minimum atomic E-state index is -0.0354. The number of hydrogen-bond donors (Lipinski definition) is 2. The molecule has 1 aromatic heterocycles. The van der Waals surface area contributed by atoms with Crippen molar-refractivity contribution >= 4 is 11.7 Å². The summed E-state index contributed by atoms with van der Waals surface area (Å²) in [7, 11) is 2.22. The minimum Gasteiger partial charge on any atom is -0.384 e. The monoisotopic (exact) mass is 274 g/mol. The predicted molar refractivity (Wildman–Crippen MR) is 78.3 cm³/mol. The number of aromatic nitrogens is 1. The number of anilines is 1. The van der Waals surface area contributed by atoms with Crippen LogP contribution in [-0.2, 0) is 0 Å². The molecule has 0 radical (unpaired) electrons. The first kappa shape index (κ1) is 13.4. The minimum absolute atomic E-state index is 0.0354. The van der Waals surface area contributed by atoms with Crippen LogP contribution in [0.3, 0.4) is 0 Å². The SMILES string of the molecule is CN1C2CCCC1CC(NC(=O)c1ccnc(N)c1)C2. The van der Waals surface area contributed by atoms with Gasteiger partial charge in [0.05, 0.1) is 0 Å². The summed E-state index contributed by atoms with van der Waals surface area (Å²) in [6.07, 6.45) is 7.51. The van der Waals surface area contributed by atoms with Crippen LogP contribution in [0.5, 0.6) is 0 Å². The zero-order valence-electron chi connectivity index (χ0n) is 11.9. The third-order valence-electron chi connectivity index (χ3n) is 4.72. The maximum atomic E-state index is 12.3. The fourth-order valence-electron chi connectivity index (χ4n) is 3.59. The number of carbonyl (C=O) groups excluding carboxylic acids is 1. The van der Waals surface area contributed by atoms with Crippen molar-refractivity contribution < 1.29 is 4.79 Å². The van der Waals surface area contributed by atoms with Crippen LogP contribution < -0.4 is 11.1 Å². The molecule has 3 heterocycles. The Morgan fingerprint density at radius 2 is 2.10 bits per heavy atom. The highest BCUT2D eigenvalue weighted by Crippen LogP contribution is 2.32. The first-order valence-electron chi connectivity index (χ1n) is 7.38. The van der Waals surface area contributed by atoms with E-state index in [1.165, 1.54) is 19.3 Å². The maximum Gasteiger partial charge on any atom is 0.251 e. The van der Waals surface area contributed by atoms with Crippen LogP contribution in [0.2, 0.25) is 0 Å². The van der Waals surface area contributed by atoms with E-state index in [1.807, 2.05) is 0 Å². The van der Waals surface area contributed by atoms with Gasteiger partial charge >= 0.3 is 0 Å². The first-order valence-corrected chi connectivity index (χ1v) is 7.38. The number of fused-ring (bicyclic) bond motifs is 2. The molecule has 5 heteroatoms. The lowest BCUT2D eigenvalue weighted by Crippen LogP contribution is -2.55. The van der Waals surface area contributed by atoms with Crippen molar-refractivity contribution in [1.29, 1.82) is 0 Å². The molecule has 1 amide bonds. The van der Waals surface area contributed by atoms with Crippen LogP contribution in [0.15, 0.2) is 18.3 Å². The summed E-state index contributed by atoms with van der Waals surface area (Å²) in [5.41, 5.74) is 6.22. The Kier molecular flexibility index (Phi) is 3.61. The van der Waals surface area contributed by atoms with Crippen LogP contribution >= 0.6 is 0 Å². The standard InChI is InChI=1S/C15H22N4O/c1-19-12-3-2-4-13(19)9-11(8-12)18-15(20)10-5-6-17-14(16)7-10/h5-7,11-13H,2-4,8-9H2,1H3,(H2,16,17)(H,18,20). The normalized spacial score (nSPS) is 29.9. The third kappa shape index (κ3) is 2.63. The maximum absolute atomic E-state index is 12.3. The van der Waals surface area contributed by atoms with Gasteiger partial charge in [-0.3, -0.25) is 4.79 Å².